The van der Waals surface area contributed by atoms with E-state index < -0.39 is 0 Å². The van der Waals surface area contributed by atoms with Crippen molar-refractivity contribution in [1.82, 2.24) is 14.5 Å². The molecule has 53 heavy (non-hydrogen) atoms. The van der Waals surface area contributed by atoms with E-state index in [1.807, 2.05) is 61.1 Å². The fraction of sp³-hybridized carbons (Fsp3) is 0. The maximum Gasteiger partial charge on any atom is 0.137 e. The average molecular weight is 680 g/mol. The molecule has 0 atom stereocenters. The molecule has 0 saturated carbocycles. The Morgan fingerprint density at radius 3 is 2.17 bits per heavy atom. The Labute approximate surface area is 304 Å². The fourth-order valence-corrected chi connectivity index (χ4v) is 7.91. The first-order chi connectivity index (χ1) is 26.3. The van der Waals surface area contributed by atoms with E-state index in [0.29, 0.717) is 0 Å². The van der Waals surface area contributed by atoms with Crippen LogP contribution in [0.2, 0.25) is 0 Å². The van der Waals surface area contributed by atoms with Crippen molar-refractivity contribution in [2.45, 2.75) is 0 Å². The van der Waals surface area contributed by atoms with Crippen LogP contribution < -0.4 is 4.74 Å². The number of aromatic nitrogens is 3. The zero-order valence-electron chi connectivity index (χ0n) is 28.4. The molecule has 0 aliphatic carbocycles. The Bertz CT molecular complexity index is 3100. The number of rotatable bonds is 2. The Balaban J connectivity index is 1.16. The molecule has 4 aromatic heterocycles. The molecular formula is C48H29N3O2. The van der Waals surface area contributed by atoms with E-state index in [1.54, 1.807) is 0 Å². The molecule has 1 aliphatic rings. The topological polar surface area (TPSA) is 53.1 Å². The van der Waals surface area contributed by atoms with E-state index in [4.69, 9.17) is 9.15 Å². The lowest BCUT2D eigenvalue weighted by atomic mass is 9.92. The Hall–Kier alpha value is -7.24. The zero-order valence-corrected chi connectivity index (χ0v) is 28.4. The Kier molecular flexibility index (Phi) is 6.48. The highest BCUT2D eigenvalue weighted by molar-refractivity contribution is 6.11. The Morgan fingerprint density at radius 2 is 1.25 bits per heavy atom. The summed E-state index contributed by atoms with van der Waals surface area (Å²) in [6, 6.07) is 50.7. The van der Waals surface area contributed by atoms with Crippen LogP contribution in [-0.4, -0.2) is 14.5 Å². The molecule has 0 N–H and O–H groups in total. The van der Waals surface area contributed by atoms with Gasteiger partial charge in [-0.2, -0.15) is 0 Å². The molecule has 5 nitrogen and oxygen atoms in total. The highest BCUT2D eigenvalue weighted by Gasteiger charge is 2.21. The summed E-state index contributed by atoms with van der Waals surface area (Å²) in [7, 11) is 0. The van der Waals surface area contributed by atoms with Crippen molar-refractivity contribution in [3.05, 3.63) is 175 Å². The SMILES string of the molecule is C1=C\c2ccc(-c3ccc4c(c3)c3ccncc3n4-c3ccccn3)cc2-c2cc3oc4ccccc4c3cc2Oc2ccccc2-c2ccccc2/1. The van der Waals surface area contributed by atoms with Gasteiger partial charge in [0, 0.05) is 45.1 Å². The highest BCUT2D eigenvalue weighted by atomic mass is 16.5. The van der Waals surface area contributed by atoms with Gasteiger partial charge in [-0.3, -0.25) is 9.55 Å². The number of hydrogen-bond donors (Lipinski definition) is 0. The van der Waals surface area contributed by atoms with Gasteiger partial charge in [0.2, 0.25) is 0 Å². The van der Waals surface area contributed by atoms with Gasteiger partial charge in [0.1, 0.15) is 28.5 Å². The first-order valence-electron chi connectivity index (χ1n) is 17.7. The summed E-state index contributed by atoms with van der Waals surface area (Å²) in [5.74, 6) is 2.43. The van der Waals surface area contributed by atoms with Crippen molar-refractivity contribution >= 4 is 55.9 Å². The molecule has 1 aliphatic heterocycles. The molecule has 5 heteroatoms. The van der Waals surface area contributed by atoms with E-state index in [9.17, 15) is 0 Å². The summed E-state index contributed by atoms with van der Waals surface area (Å²) >= 11 is 0. The molecule has 0 unspecified atom stereocenters. The third-order valence-corrected chi connectivity index (χ3v) is 10.4. The predicted molar refractivity (Wildman–Crippen MR) is 215 cm³/mol. The van der Waals surface area contributed by atoms with Gasteiger partial charge in [-0.15, -0.1) is 0 Å². The maximum absolute atomic E-state index is 7.03. The van der Waals surface area contributed by atoms with Crippen LogP contribution in [-0.2, 0) is 0 Å². The number of nitrogens with zero attached hydrogens (tertiary/aromatic N) is 3. The van der Waals surface area contributed by atoms with E-state index in [2.05, 4.69) is 130 Å². The molecule has 6 aromatic carbocycles. The first-order valence-corrected chi connectivity index (χ1v) is 17.7. The van der Waals surface area contributed by atoms with Gasteiger partial charge in [-0.05, 0) is 94.0 Å². The third kappa shape index (κ3) is 4.71. The van der Waals surface area contributed by atoms with Crippen molar-refractivity contribution in [1.29, 1.82) is 0 Å². The fourth-order valence-electron chi connectivity index (χ4n) is 7.91. The second-order valence-electron chi connectivity index (χ2n) is 13.4. The lowest BCUT2D eigenvalue weighted by Gasteiger charge is -2.17. The number of hydrogen-bond acceptors (Lipinski definition) is 4. The maximum atomic E-state index is 7.03. The summed E-state index contributed by atoms with van der Waals surface area (Å²) in [6.45, 7) is 0. The molecule has 0 saturated heterocycles. The van der Waals surface area contributed by atoms with Crippen molar-refractivity contribution in [2.75, 3.05) is 0 Å². The van der Waals surface area contributed by atoms with Gasteiger partial charge in [-0.1, -0.05) is 97.1 Å². The number of para-hydroxylation sites is 2. The van der Waals surface area contributed by atoms with Crippen LogP contribution in [0.1, 0.15) is 11.1 Å². The van der Waals surface area contributed by atoms with Crippen LogP contribution in [0.25, 0.3) is 95.1 Å². The first kappa shape index (κ1) is 29.5. The number of benzene rings is 6. The molecule has 0 spiro atoms. The van der Waals surface area contributed by atoms with Crippen LogP contribution in [0.15, 0.2) is 169 Å². The summed E-state index contributed by atoms with van der Waals surface area (Å²) in [5.41, 5.74) is 12.3. The molecule has 0 fully saturated rings. The smallest absolute Gasteiger partial charge is 0.137 e. The summed E-state index contributed by atoms with van der Waals surface area (Å²) < 4.78 is 15.7. The van der Waals surface area contributed by atoms with Gasteiger partial charge in [0.25, 0.3) is 0 Å². The second kappa shape index (κ2) is 11.7. The molecule has 0 amide bonds. The molecule has 5 heterocycles. The average Bonchev–Trinajstić information content (AvgIpc) is 3.74. The van der Waals surface area contributed by atoms with E-state index in [0.717, 1.165) is 106 Å². The minimum Gasteiger partial charge on any atom is -0.456 e. The van der Waals surface area contributed by atoms with Gasteiger partial charge < -0.3 is 9.15 Å². The van der Waals surface area contributed by atoms with E-state index >= 15 is 0 Å². The van der Waals surface area contributed by atoms with Crippen LogP contribution in [0.4, 0.5) is 0 Å². The molecular weight excluding hydrogens is 651 g/mol. The second-order valence-corrected chi connectivity index (χ2v) is 13.4. The number of ether oxygens (including phenoxy) is 1. The van der Waals surface area contributed by atoms with Crippen molar-refractivity contribution in [2.24, 2.45) is 0 Å². The van der Waals surface area contributed by atoms with Crippen molar-refractivity contribution < 1.29 is 9.15 Å². The third-order valence-electron chi connectivity index (χ3n) is 10.4. The molecule has 248 valence electrons. The Morgan fingerprint density at radius 1 is 0.453 bits per heavy atom. The van der Waals surface area contributed by atoms with Gasteiger partial charge >= 0.3 is 0 Å². The predicted octanol–water partition coefficient (Wildman–Crippen LogP) is 12.8. The van der Waals surface area contributed by atoms with Crippen molar-refractivity contribution in [3.8, 4) is 50.7 Å². The molecule has 0 radical (unpaired) electrons. The minimum atomic E-state index is 0.768. The van der Waals surface area contributed by atoms with Crippen LogP contribution in [0.3, 0.4) is 0 Å². The van der Waals surface area contributed by atoms with Gasteiger partial charge in [0.05, 0.1) is 17.2 Å². The molecule has 0 bridgehead atoms. The lowest BCUT2D eigenvalue weighted by molar-refractivity contribution is 0.487. The quantitative estimate of drug-likeness (QED) is 0.182. The van der Waals surface area contributed by atoms with Gasteiger partial charge in [0.15, 0.2) is 0 Å². The van der Waals surface area contributed by atoms with Crippen LogP contribution in [0, 0.1) is 0 Å². The van der Waals surface area contributed by atoms with Crippen molar-refractivity contribution in [3.63, 3.8) is 0 Å². The highest BCUT2D eigenvalue weighted by Crippen LogP contribution is 2.46. The standard InChI is InChI=1S/C48H29N3O2/c1-2-10-34-30(9-1)16-17-31-18-19-32(33-20-21-42-39(26-33)35-22-24-49-29-43(35)51(42)48-15-7-8-23-50-48)25-38(31)41-28-46-40(37-12-4-6-14-45(37)53-46)27-47(41)52-44-13-5-3-11-36(34)44/h1-29H/b17-16-. The van der Waals surface area contributed by atoms with Gasteiger partial charge in [-0.25, -0.2) is 4.98 Å². The number of pyridine rings is 2. The normalized spacial score (nSPS) is 12.8. The number of fused-ring (bicyclic) bond motifs is 12. The molecule has 10 aromatic rings. The summed E-state index contributed by atoms with van der Waals surface area (Å²) in [5, 5.41) is 4.35. The van der Waals surface area contributed by atoms with Crippen LogP contribution >= 0.6 is 0 Å². The van der Waals surface area contributed by atoms with E-state index in [1.165, 1.54) is 0 Å². The van der Waals surface area contributed by atoms with E-state index in [-0.39, 0.29) is 0 Å². The van der Waals surface area contributed by atoms with Crippen LogP contribution in [0.5, 0.6) is 11.5 Å². The summed E-state index contributed by atoms with van der Waals surface area (Å²) in [4.78, 5) is 9.15. The lowest BCUT2D eigenvalue weighted by Crippen LogP contribution is -1.96. The summed E-state index contributed by atoms with van der Waals surface area (Å²) in [6.07, 6.45) is 10.0. The monoisotopic (exact) mass is 679 g/mol. The zero-order chi connectivity index (χ0) is 34.9. The largest absolute Gasteiger partial charge is 0.456 e. The molecule has 11 rings (SSSR count). The minimum absolute atomic E-state index is 0.768. The number of furan rings is 1.